The SMILES string of the molecule is Cc1cccc(NC(=O)/C(C#N)=C\c2ccc3c(c2)OCO3)c1. The highest BCUT2D eigenvalue weighted by atomic mass is 16.7. The van der Waals surface area contributed by atoms with E-state index in [2.05, 4.69) is 5.32 Å². The van der Waals surface area contributed by atoms with Gasteiger partial charge in [-0.2, -0.15) is 5.26 Å². The van der Waals surface area contributed by atoms with Gasteiger partial charge in [-0.05, 0) is 48.4 Å². The standard InChI is InChI=1S/C18H14N2O3/c1-12-3-2-4-15(7-12)20-18(21)14(10-19)8-13-5-6-16-17(9-13)23-11-22-16/h2-9H,11H2,1H3,(H,20,21)/b14-8-. The summed E-state index contributed by atoms with van der Waals surface area (Å²) in [7, 11) is 0. The van der Waals surface area contributed by atoms with Crippen molar-refractivity contribution in [3.05, 3.63) is 59.2 Å². The molecule has 114 valence electrons. The van der Waals surface area contributed by atoms with Crippen LogP contribution in [0.2, 0.25) is 0 Å². The predicted molar refractivity (Wildman–Crippen MR) is 86.0 cm³/mol. The molecule has 0 spiro atoms. The predicted octanol–water partition coefficient (Wildman–Crippen LogP) is 3.27. The number of carbonyl (C=O) groups is 1. The van der Waals surface area contributed by atoms with E-state index >= 15 is 0 Å². The lowest BCUT2D eigenvalue weighted by atomic mass is 10.1. The molecule has 0 aromatic heterocycles. The first kappa shape index (κ1) is 14.7. The first-order chi connectivity index (χ1) is 11.2. The average molecular weight is 306 g/mol. The summed E-state index contributed by atoms with van der Waals surface area (Å²) in [6.45, 7) is 2.12. The number of anilines is 1. The second kappa shape index (κ2) is 6.24. The number of ether oxygens (including phenoxy) is 2. The number of carbonyl (C=O) groups excluding carboxylic acids is 1. The van der Waals surface area contributed by atoms with Gasteiger partial charge in [-0.15, -0.1) is 0 Å². The molecule has 1 amide bonds. The molecule has 1 aliphatic rings. The van der Waals surface area contributed by atoms with Crippen molar-refractivity contribution < 1.29 is 14.3 Å². The first-order valence-corrected chi connectivity index (χ1v) is 7.05. The van der Waals surface area contributed by atoms with Gasteiger partial charge in [0, 0.05) is 5.69 Å². The van der Waals surface area contributed by atoms with E-state index in [1.807, 2.05) is 31.2 Å². The smallest absolute Gasteiger partial charge is 0.266 e. The Labute approximate surface area is 133 Å². The summed E-state index contributed by atoms with van der Waals surface area (Å²) < 4.78 is 10.5. The van der Waals surface area contributed by atoms with Crippen LogP contribution < -0.4 is 14.8 Å². The number of nitriles is 1. The van der Waals surface area contributed by atoms with E-state index in [-0.39, 0.29) is 12.4 Å². The zero-order valence-corrected chi connectivity index (χ0v) is 12.5. The van der Waals surface area contributed by atoms with Crippen LogP contribution in [-0.2, 0) is 4.79 Å². The van der Waals surface area contributed by atoms with Crippen molar-refractivity contribution >= 4 is 17.7 Å². The minimum absolute atomic E-state index is 0.0189. The van der Waals surface area contributed by atoms with Gasteiger partial charge < -0.3 is 14.8 Å². The Balaban J connectivity index is 1.81. The lowest BCUT2D eigenvalue weighted by Crippen LogP contribution is -2.13. The molecule has 3 rings (SSSR count). The normalized spacial score (nSPS) is 12.6. The van der Waals surface area contributed by atoms with Crippen molar-refractivity contribution in [2.24, 2.45) is 0 Å². The maximum atomic E-state index is 12.2. The van der Waals surface area contributed by atoms with Gasteiger partial charge in [0.05, 0.1) is 0 Å². The summed E-state index contributed by atoms with van der Waals surface area (Å²) in [5.41, 5.74) is 2.40. The van der Waals surface area contributed by atoms with Crippen molar-refractivity contribution in [1.82, 2.24) is 0 Å². The van der Waals surface area contributed by atoms with E-state index in [0.717, 1.165) is 5.56 Å². The van der Waals surface area contributed by atoms with E-state index in [1.54, 1.807) is 24.3 Å². The lowest BCUT2D eigenvalue weighted by Gasteiger charge is -2.05. The molecule has 2 aromatic carbocycles. The van der Waals surface area contributed by atoms with E-state index in [4.69, 9.17) is 9.47 Å². The first-order valence-electron chi connectivity index (χ1n) is 7.05. The van der Waals surface area contributed by atoms with Crippen molar-refractivity contribution in [3.63, 3.8) is 0 Å². The van der Waals surface area contributed by atoms with Gasteiger partial charge in [0.2, 0.25) is 6.79 Å². The van der Waals surface area contributed by atoms with Gasteiger partial charge >= 0.3 is 0 Å². The van der Waals surface area contributed by atoms with Gasteiger partial charge in [-0.1, -0.05) is 18.2 Å². The number of aryl methyl sites for hydroxylation is 1. The van der Waals surface area contributed by atoms with Crippen LogP contribution in [-0.4, -0.2) is 12.7 Å². The van der Waals surface area contributed by atoms with Gasteiger partial charge in [-0.25, -0.2) is 0 Å². The fourth-order valence-corrected chi connectivity index (χ4v) is 2.24. The minimum atomic E-state index is -0.448. The third kappa shape index (κ3) is 3.33. The second-order valence-corrected chi connectivity index (χ2v) is 5.11. The average Bonchev–Trinajstić information content (AvgIpc) is 3.00. The van der Waals surface area contributed by atoms with Gasteiger partial charge in [0.1, 0.15) is 11.6 Å². The molecule has 0 unspecified atom stereocenters. The zero-order chi connectivity index (χ0) is 16.2. The van der Waals surface area contributed by atoms with Crippen LogP contribution in [0.3, 0.4) is 0 Å². The molecule has 1 heterocycles. The Bertz CT molecular complexity index is 834. The highest BCUT2D eigenvalue weighted by Gasteiger charge is 2.14. The molecule has 5 heteroatoms. The summed E-state index contributed by atoms with van der Waals surface area (Å²) in [6, 6.07) is 14.6. The number of nitrogens with one attached hydrogen (secondary N) is 1. The van der Waals surface area contributed by atoms with E-state index < -0.39 is 5.91 Å². The Kier molecular flexibility index (Phi) is 3.98. The topological polar surface area (TPSA) is 71.4 Å². The van der Waals surface area contributed by atoms with Gasteiger partial charge in [0.25, 0.3) is 5.91 Å². The van der Waals surface area contributed by atoms with E-state index in [9.17, 15) is 10.1 Å². The fraction of sp³-hybridized carbons (Fsp3) is 0.111. The quantitative estimate of drug-likeness (QED) is 0.698. The molecule has 0 radical (unpaired) electrons. The molecule has 5 nitrogen and oxygen atoms in total. The number of rotatable bonds is 3. The Hall–Kier alpha value is -3.26. The largest absolute Gasteiger partial charge is 0.454 e. The minimum Gasteiger partial charge on any atom is -0.454 e. The summed E-state index contributed by atoms with van der Waals surface area (Å²) in [5, 5.41) is 12.0. The van der Waals surface area contributed by atoms with Crippen molar-refractivity contribution in [2.45, 2.75) is 6.92 Å². The lowest BCUT2D eigenvalue weighted by molar-refractivity contribution is -0.112. The monoisotopic (exact) mass is 306 g/mol. The zero-order valence-electron chi connectivity index (χ0n) is 12.5. The van der Waals surface area contributed by atoms with Crippen LogP contribution >= 0.6 is 0 Å². The Morgan fingerprint density at radius 3 is 2.83 bits per heavy atom. The number of amides is 1. The highest BCUT2D eigenvalue weighted by molar-refractivity contribution is 6.09. The number of hydrogen-bond acceptors (Lipinski definition) is 4. The molecular weight excluding hydrogens is 292 g/mol. The second-order valence-electron chi connectivity index (χ2n) is 5.11. The highest BCUT2D eigenvalue weighted by Crippen LogP contribution is 2.33. The molecule has 0 bridgehead atoms. The van der Waals surface area contributed by atoms with Crippen molar-refractivity contribution in [3.8, 4) is 17.6 Å². The molecular formula is C18H14N2O3. The maximum absolute atomic E-state index is 12.2. The fourth-order valence-electron chi connectivity index (χ4n) is 2.24. The Morgan fingerprint density at radius 2 is 2.04 bits per heavy atom. The molecule has 0 aliphatic carbocycles. The van der Waals surface area contributed by atoms with Gasteiger partial charge in [0.15, 0.2) is 11.5 Å². The maximum Gasteiger partial charge on any atom is 0.266 e. The Morgan fingerprint density at radius 1 is 1.22 bits per heavy atom. The molecule has 1 aliphatic heterocycles. The molecule has 2 aromatic rings. The van der Waals surface area contributed by atoms with Crippen LogP contribution in [0, 0.1) is 18.3 Å². The number of hydrogen-bond donors (Lipinski definition) is 1. The number of fused-ring (bicyclic) bond motifs is 1. The van der Waals surface area contributed by atoms with Crippen molar-refractivity contribution in [2.75, 3.05) is 12.1 Å². The van der Waals surface area contributed by atoms with Crippen LogP contribution in [0.5, 0.6) is 11.5 Å². The van der Waals surface area contributed by atoms with E-state index in [1.165, 1.54) is 6.08 Å². The third-order valence-electron chi connectivity index (χ3n) is 3.35. The molecule has 0 saturated heterocycles. The van der Waals surface area contributed by atoms with E-state index in [0.29, 0.717) is 22.7 Å². The van der Waals surface area contributed by atoms with Gasteiger partial charge in [-0.3, -0.25) is 4.79 Å². The van der Waals surface area contributed by atoms with Crippen LogP contribution in [0.1, 0.15) is 11.1 Å². The summed E-state index contributed by atoms with van der Waals surface area (Å²) in [4.78, 5) is 12.2. The molecule has 1 N–H and O–H groups in total. The number of nitrogens with zero attached hydrogens (tertiary/aromatic N) is 1. The van der Waals surface area contributed by atoms with Crippen LogP contribution in [0.15, 0.2) is 48.0 Å². The molecule has 0 atom stereocenters. The third-order valence-corrected chi connectivity index (χ3v) is 3.35. The van der Waals surface area contributed by atoms with Crippen molar-refractivity contribution in [1.29, 1.82) is 5.26 Å². The molecule has 0 fully saturated rings. The molecule has 0 saturated carbocycles. The molecule has 23 heavy (non-hydrogen) atoms. The van der Waals surface area contributed by atoms with Crippen LogP contribution in [0.25, 0.3) is 6.08 Å². The number of benzene rings is 2. The van der Waals surface area contributed by atoms with Crippen LogP contribution in [0.4, 0.5) is 5.69 Å². The summed E-state index contributed by atoms with van der Waals surface area (Å²) in [6.07, 6.45) is 1.52. The summed E-state index contributed by atoms with van der Waals surface area (Å²) >= 11 is 0. The summed E-state index contributed by atoms with van der Waals surface area (Å²) in [5.74, 6) is 0.816.